The van der Waals surface area contributed by atoms with E-state index in [1.165, 1.54) is 37.1 Å². The molecule has 4 rings (SSSR count). The molecule has 35 heavy (non-hydrogen) atoms. The highest BCUT2D eigenvalue weighted by molar-refractivity contribution is 5.94. The zero-order valence-corrected chi connectivity index (χ0v) is 19.2. The van der Waals surface area contributed by atoms with Crippen LogP contribution in [0.2, 0.25) is 0 Å². The number of nitro groups is 1. The summed E-state index contributed by atoms with van der Waals surface area (Å²) in [7, 11) is 0. The smallest absolute Gasteiger partial charge is 0.336 e. The molecule has 0 saturated heterocycles. The fourth-order valence-corrected chi connectivity index (χ4v) is 4.47. The lowest BCUT2D eigenvalue weighted by molar-refractivity contribution is -0.384. The van der Waals surface area contributed by atoms with Gasteiger partial charge >= 0.3 is 5.97 Å². The van der Waals surface area contributed by atoms with Crippen molar-refractivity contribution in [2.75, 3.05) is 5.32 Å². The number of benzene rings is 3. The maximum Gasteiger partial charge on any atom is 0.336 e. The van der Waals surface area contributed by atoms with Gasteiger partial charge in [-0.25, -0.2) is 9.18 Å². The number of nitro benzene ring substituents is 1. The van der Waals surface area contributed by atoms with Crippen molar-refractivity contribution in [3.8, 4) is 11.1 Å². The fourth-order valence-electron chi connectivity index (χ4n) is 4.47. The van der Waals surface area contributed by atoms with Crippen molar-refractivity contribution >= 4 is 29.5 Å². The third-order valence-electron chi connectivity index (χ3n) is 6.35. The molecule has 0 unspecified atom stereocenters. The summed E-state index contributed by atoms with van der Waals surface area (Å²) in [6.07, 6.45) is 9.94. The van der Waals surface area contributed by atoms with Gasteiger partial charge in [-0.1, -0.05) is 62.1 Å². The molecule has 180 valence electrons. The lowest BCUT2D eigenvalue weighted by Gasteiger charge is -2.17. The summed E-state index contributed by atoms with van der Waals surface area (Å²) in [6.45, 7) is 0. The van der Waals surface area contributed by atoms with Gasteiger partial charge in [0.05, 0.1) is 10.5 Å². The fraction of sp³-hybridized carbons (Fsp3) is 0.250. The number of nitrogens with zero attached hydrogens (tertiary/aromatic N) is 1. The Bertz CT molecular complexity index is 1250. The summed E-state index contributed by atoms with van der Waals surface area (Å²) in [4.78, 5) is 23.1. The van der Waals surface area contributed by atoms with Gasteiger partial charge in [-0.15, -0.1) is 0 Å². The number of carbonyl (C=O) groups is 1. The summed E-state index contributed by atoms with van der Waals surface area (Å²) in [5.74, 6) is -1.43. The highest BCUT2D eigenvalue weighted by Gasteiger charge is 2.19. The number of hydrogen-bond donors (Lipinski definition) is 2. The van der Waals surface area contributed by atoms with Gasteiger partial charge in [0.15, 0.2) is 0 Å². The maximum atomic E-state index is 13.3. The second-order valence-electron chi connectivity index (χ2n) is 8.81. The van der Waals surface area contributed by atoms with E-state index in [0.717, 1.165) is 36.8 Å². The van der Waals surface area contributed by atoms with Crippen molar-refractivity contribution in [2.45, 2.75) is 44.6 Å². The largest absolute Gasteiger partial charge is 0.478 e. The highest BCUT2D eigenvalue weighted by Crippen LogP contribution is 2.30. The number of halogens is 1. The number of rotatable bonds is 7. The monoisotopic (exact) mass is 474 g/mol. The van der Waals surface area contributed by atoms with Crippen LogP contribution in [0, 0.1) is 15.9 Å². The zero-order chi connectivity index (χ0) is 24.8. The molecule has 7 heteroatoms. The van der Waals surface area contributed by atoms with Gasteiger partial charge in [0.2, 0.25) is 0 Å². The van der Waals surface area contributed by atoms with E-state index in [9.17, 15) is 24.4 Å². The van der Waals surface area contributed by atoms with E-state index in [1.54, 1.807) is 48.6 Å². The third kappa shape index (κ3) is 6.12. The van der Waals surface area contributed by atoms with E-state index in [1.807, 2.05) is 0 Å². The van der Waals surface area contributed by atoms with Crippen LogP contribution in [-0.2, 0) is 0 Å². The van der Waals surface area contributed by atoms with Crippen LogP contribution in [0.3, 0.4) is 0 Å². The SMILES string of the molecule is O=C(O)c1ccc(-c2ccc(F)cc2)cc1C=Cc1ccc(NC2CCCCCC2)c([N+](=O)[O-])c1. The van der Waals surface area contributed by atoms with Crippen molar-refractivity contribution in [3.05, 3.63) is 93.3 Å². The normalized spacial score (nSPS) is 14.5. The first kappa shape index (κ1) is 24.1. The molecule has 0 radical (unpaired) electrons. The van der Waals surface area contributed by atoms with Crippen LogP contribution in [0.1, 0.15) is 60.0 Å². The van der Waals surface area contributed by atoms with Crippen LogP contribution in [0.15, 0.2) is 60.7 Å². The molecule has 1 saturated carbocycles. The Labute approximate surface area is 203 Å². The second-order valence-corrected chi connectivity index (χ2v) is 8.81. The van der Waals surface area contributed by atoms with E-state index in [2.05, 4.69) is 5.32 Å². The molecule has 2 N–H and O–H groups in total. The molecular weight excluding hydrogens is 447 g/mol. The molecule has 1 aliphatic rings. The molecule has 1 fully saturated rings. The van der Waals surface area contributed by atoms with Crippen molar-refractivity contribution in [1.82, 2.24) is 0 Å². The van der Waals surface area contributed by atoms with Crippen LogP contribution in [0.25, 0.3) is 23.3 Å². The van der Waals surface area contributed by atoms with Gasteiger partial charge in [0.1, 0.15) is 11.5 Å². The van der Waals surface area contributed by atoms with Gasteiger partial charge in [0, 0.05) is 12.1 Å². The first-order chi connectivity index (χ1) is 16.9. The molecule has 0 spiro atoms. The predicted molar refractivity (Wildman–Crippen MR) is 136 cm³/mol. The summed E-state index contributed by atoms with van der Waals surface area (Å²) >= 11 is 0. The number of hydrogen-bond acceptors (Lipinski definition) is 4. The molecule has 3 aromatic rings. The molecule has 0 aliphatic heterocycles. The van der Waals surface area contributed by atoms with E-state index in [-0.39, 0.29) is 23.1 Å². The van der Waals surface area contributed by atoms with Gasteiger partial charge in [-0.05, 0) is 65.4 Å². The first-order valence-electron chi connectivity index (χ1n) is 11.8. The van der Waals surface area contributed by atoms with E-state index in [0.29, 0.717) is 16.8 Å². The Morgan fingerprint density at radius 2 is 1.63 bits per heavy atom. The molecule has 0 amide bonds. The summed E-state index contributed by atoms with van der Waals surface area (Å²) in [5, 5.41) is 24.7. The lowest BCUT2D eigenvalue weighted by atomic mass is 9.98. The molecule has 0 aromatic heterocycles. The molecule has 6 nitrogen and oxygen atoms in total. The van der Waals surface area contributed by atoms with E-state index in [4.69, 9.17) is 0 Å². The molecule has 0 bridgehead atoms. The topological polar surface area (TPSA) is 92.5 Å². The Kier molecular flexibility index (Phi) is 7.55. The molecule has 0 heterocycles. The number of carboxylic acids is 1. The van der Waals surface area contributed by atoms with Gasteiger partial charge < -0.3 is 10.4 Å². The van der Waals surface area contributed by atoms with Crippen LogP contribution >= 0.6 is 0 Å². The van der Waals surface area contributed by atoms with Crippen molar-refractivity contribution in [1.29, 1.82) is 0 Å². The Hall–Kier alpha value is -4.00. The number of aromatic carboxylic acids is 1. The molecule has 1 aliphatic carbocycles. The second kappa shape index (κ2) is 11.0. The quantitative estimate of drug-likeness (QED) is 0.161. The van der Waals surface area contributed by atoms with E-state index < -0.39 is 10.9 Å². The number of nitrogens with one attached hydrogen (secondary N) is 1. The molecule has 3 aromatic carbocycles. The minimum Gasteiger partial charge on any atom is -0.478 e. The van der Waals surface area contributed by atoms with Crippen LogP contribution in [0.4, 0.5) is 15.8 Å². The van der Waals surface area contributed by atoms with Crippen molar-refractivity contribution in [2.24, 2.45) is 0 Å². The Morgan fingerprint density at radius 3 is 2.29 bits per heavy atom. The number of carboxylic acid groups (broad SMARTS) is 1. The summed E-state index contributed by atoms with van der Waals surface area (Å²) < 4.78 is 13.3. The predicted octanol–water partition coefficient (Wildman–Crippen LogP) is 7.40. The molecule has 0 atom stereocenters. The van der Waals surface area contributed by atoms with Crippen LogP contribution in [0.5, 0.6) is 0 Å². The lowest BCUT2D eigenvalue weighted by Crippen LogP contribution is -2.19. The summed E-state index contributed by atoms with van der Waals surface area (Å²) in [5.41, 5.74) is 3.13. The zero-order valence-electron chi connectivity index (χ0n) is 19.2. The highest BCUT2D eigenvalue weighted by atomic mass is 19.1. The standard InChI is InChI=1S/C28H27FN2O4/c29-23-13-10-20(11-14-23)21-12-15-25(28(32)33)22(18-21)9-7-19-8-16-26(27(17-19)31(34)35)30-24-5-3-1-2-4-6-24/h7-18,24,30H,1-6H2,(H,32,33). The van der Waals surface area contributed by atoms with Crippen LogP contribution in [-0.4, -0.2) is 22.0 Å². The van der Waals surface area contributed by atoms with Gasteiger partial charge in [-0.2, -0.15) is 0 Å². The minimum atomic E-state index is -1.08. The van der Waals surface area contributed by atoms with Crippen molar-refractivity contribution < 1.29 is 19.2 Å². The minimum absolute atomic E-state index is 0.00471. The maximum absolute atomic E-state index is 13.3. The van der Waals surface area contributed by atoms with Gasteiger partial charge in [0.25, 0.3) is 5.69 Å². The van der Waals surface area contributed by atoms with Gasteiger partial charge in [-0.3, -0.25) is 10.1 Å². The molecular formula is C28H27FN2O4. The van der Waals surface area contributed by atoms with E-state index >= 15 is 0 Å². The first-order valence-corrected chi connectivity index (χ1v) is 11.8. The summed E-state index contributed by atoms with van der Waals surface area (Å²) in [6, 6.07) is 16.1. The average molecular weight is 475 g/mol. The Balaban J connectivity index is 1.62. The number of anilines is 1. The third-order valence-corrected chi connectivity index (χ3v) is 6.35. The Morgan fingerprint density at radius 1 is 0.943 bits per heavy atom. The average Bonchev–Trinajstić information content (AvgIpc) is 3.12. The van der Waals surface area contributed by atoms with Crippen molar-refractivity contribution in [3.63, 3.8) is 0 Å². The van der Waals surface area contributed by atoms with Crippen LogP contribution < -0.4 is 5.32 Å².